The van der Waals surface area contributed by atoms with E-state index < -0.39 is 0 Å². The molecule has 0 aromatic heterocycles. The van der Waals surface area contributed by atoms with Gasteiger partial charge in [-0.15, -0.1) is 0 Å². The van der Waals surface area contributed by atoms with E-state index in [9.17, 15) is 0 Å². The lowest BCUT2D eigenvalue weighted by Crippen LogP contribution is -2.07. The fraction of sp³-hybridized carbons (Fsp3) is 0.625. The van der Waals surface area contributed by atoms with Gasteiger partial charge < -0.3 is 14.8 Å². The molecule has 0 bridgehead atoms. The van der Waals surface area contributed by atoms with E-state index in [0.717, 1.165) is 24.5 Å². The Morgan fingerprint density at radius 2 is 1.68 bits per heavy atom. The van der Waals surface area contributed by atoms with Crippen LogP contribution in [0.3, 0.4) is 0 Å². The van der Waals surface area contributed by atoms with Crippen LogP contribution in [0, 0.1) is 0 Å². The van der Waals surface area contributed by atoms with Gasteiger partial charge >= 0.3 is 0 Å². The quantitative estimate of drug-likeness (QED) is 0.658. The molecular weight excluding hydrogens is 238 g/mol. The molecule has 0 amide bonds. The van der Waals surface area contributed by atoms with Crippen molar-refractivity contribution in [1.29, 1.82) is 0 Å². The number of ether oxygens (including phenoxy) is 2. The average Bonchev–Trinajstić information content (AvgIpc) is 2.42. The molecule has 0 fully saturated rings. The van der Waals surface area contributed by atoms with Gasteiger partial charge in [-0.25, -0.2) is 0 Å². The van der Waals surface area contributed by atoms with Crippen molar-refractivity contribution in [2.45, 2.75) is 39.5 Å². The number of unbranched alkanes of at least 4 members (excludes halogenated alkanes) is 2. The molecule has 0 atom stereocenters. The van der Waals surface area contributed by atoms with Crippen LogP contribution >= 0.6 is 0 Å². The monoisotopic (exact) mass is 265 g/mol. The molecule has 0 aliphatic heterocycles. The van der Waals surface area contributed by atoms with Gasteiger partial charge in [0.2, 0.25) is 0 Å². The van der Waals surface area contributed by atoms with Crippen LogP contribution in [-0.2, 0) is 6.42 Å². The molecule has 1 aromatic rings. The summed E-state index contributed by atoms with van der Waals surface area (Å²) in [6.45, 7) is 6.44. The maximum absolute atomic E-state index is 5.64. The first kappa shape index (κ1) is 15.8. The van der Waals surface area contributed by atoms with Gasteiger partial charge in [-0.3, -0.25) is 0 Å². The van der Waals surface area contributed by atoms with Crippen LogP contribution in [0.25, 0.3) is 0 Å². The third-order valence-corrected chi connectivity index (χ3v) is 3.00. The standard InChI is InChI=1S/C16H27NO2/c1-4-18-15-11-10-14(13-16(15)19-5-2)9-7-6-8-12-17-3/h10-11,13,17H,4-9,12H2,1-3H3. The molecule has 0 aliphatic carbocycles. The molecule has 1 N–H and O–H groups in total. The fourth-order valence-corrected chi connectivity index (χ4v) is 2.06. The first-order valence-corrected chi connectivity index (χ1v) is 7.34. The van der Waals surface area contributed by atoms with E-state index in [-0.39, 0.29) is 0 Å². The molecule has 0 aliphatic rings. The molecule has 108 valence electrons. The van der Waals surface area contributed by atoms with Gasteiger partial charge in [-0.05, 0) is 64.4 Å². The maximum atomic E-state index is 5.64. The molecule has 1 rings (SSSR count). The Bertz CT molecular complexity index is 353. The van der Waals surface area contributed by atoms with E-state index >= 15 is 0 Å². The molecule has 0 heterocycles. The predicted octanol–water partition coefficient (Wildman–Crippen LogP) is 3.42. The van der Waals surface area contributed by atoms with Gasteiger partial charge in [0, 0.05) is 0 Å². The molecule has 3 heteroatoms. The largest absolute Gasteiger partial charge is 0.490 e. The second kappa shape index (κ2) is 9.68. The van der Waals surface area contributed by atoms with Crippen molar-refractivity contribution in [2.75, 3.05) is 26.8 Å². The van der Waals surface area contributed by atoms with Gasteiger partial charge in [-0.2, -0.15) is 0 Å². The minimum absolute atomic E-state index is 0.670. The molecule has 1 aromatic carbocycles. The lowest BCUT2D eigenvalue weighted by molar-refractivity contribution is 0.287. The minimum Gasteiger partial charge on any atom is -0.490 e. The third kappa shape index (κ3) is 5.97. The summed E-state index contributed by atoms with van der Waals surface area (Å²) in [5, 5.41) is 3.18. The smallest absolute Gasteiger partial charge is 0.161 e. The van der Waals surface area contributed by atoms with E-state index in [4.69, 9.17) is 9.47 Å². The maximum Gasteiger partial charge on any atom is 0.161 e. The molecule has 0 spiro atoms. The summed E-state index contributed by atoms with van der Waals surface area (Å²) in [4.78, 5) is 0. The topological polar surface area (TPSA) is 30.5 Å². The van der Waals surface area contributed by atoms with Gasteiger partial charge in [0.1, 0.15) is 0 Å². The molecule has 0 unspecified atom stereocenters. The SMILES string of the molecule is CCOc1ccc(CCCCCNC)cc1OCC. The van der Waals surface area contributed by atoms with Crippen molar-refractivity contribution in [1.82, 2.24) is 5.32 Å². The number of nitrogens with one attached hydrogen (secondary N) is 1. The third-order valence-electron chi connectivity index (χ3n) is 3.00. The Labute approximate surface area is 117 Å². The van der Waals surface area contributed by atoms with Crippen molar-refractivity contribution >= 4 is 0 Å². The Balaban J connectivity index is 2.51. The van der Waals surface area contributed by atoms with E-state index in [1.807, 2.05) is 27.0 Å². The normalized spacial score (nSPS) is 10.5. The summed E-state index contributed by atoms with van der Waals surface area (Å²) in [5.41, 5.74) is 1.33. The molecule has 0 radical (unpaired) electrons. The summed E-state index contributed by atoms with van der Waals surface area (Å²) >= 11 is 0. The van der Waals surface area contributed by atoms with E-state index in [0.29, 0.717) is 13.2 Å². The number of aryl methyl sites for hydroxylation is 1. The van der Waals surface area contributed by atoms with Crippen LogP contribution < -0.4 is 14.8 Å². The minimum atomic E-state index is 0.670. The summed E-state index contributed by atoms with van der Waals surface area (Å²) < 4.78 is 11.2. The Hall–Kier alpha value is -1.22. The van der Waals surface area contributed by atoms with Gasteiger partial charge in [-0.1, -0.05) is 12.5 Å². The summed E-state index contributed by atoms with van der Waals surface area (Å²) in [6, 6.07) is 6.29. The zero-order chi connectivity index (χ0) is 13.9. The van der Waals surface area contributed by atoms with Gasteiger partial charge in [0.05, 0.1) is 13.2 Å². The van der Waals surface area contributed by atoms with Crippen molar-refractivity contribution in [2.24, 2.45) is 0 Å². The molecule has 0 saturated heterocycles. The molecule has 19 heavy (non-hydrogen) atoms. The predicted molar refractivity (Wildman–Crippen MR) is 80.3 cm³/mol. The number of hydrogen-bond acceptors (Lipinski definition) is 3. The summed E-state index contributed by atoms with van der Waals surface area (Å²) in [5.74, 6) is 1.72. The second-order valence-electron chi connectivity index (χ2n) is 4.56. The molecule has 3 nitrogen and oxygen atoms in total. The number of hydrogen-bond donors (Lipinski definition) is 1. The van der Waals surface area contributed by atoms with E-state index in [2.05, 4.69) is 17.4 Å². The highest BCUT2D eigenvalue weighted by atomic mass is 16.5. The van der Waals surface area contributed by atoms with Crippen molar-refractivity contribution in [3.05, 3.63) is 23.8 Å². The number of benzene rings is 1. The van der Waals surface area contributed by atoms with Crippen LogP contribution in [0.2, 0.25) is 0 Å². The Morgan fingerprint density at radius 3 is 2.37 bits per heavy atom. The van der Waals surface area contributed by atoms with Gasteiger partial charge in [0.25, 0.3) is 0 Å². The Morgan fingerprint density at radius 1 is 0.947 bits per heavy atom. The van der Waals surface area contributed by atoms with Gasteiger partial charge in [0.15, 0.2) is 11.5 Å². The highest BCUT2D eigenvalue weighted by molar-refractivity contribution is 5.43. The van der Waals surface area contributed by atoms with Crippen molar-refractivity contribution in [3.63, 3.8) is 0 Å². The summed E-state index contributed by atoms with van der Waals surface area (Å²) in [6.07, 6.45) is 4.83. The summed E-state index contributed by atoms with van der Waals surface area (Å²) in [7, 11) is 2.00. The van der Waals surface area contributed by atoms with Crippen LogP contribution in [0.1, 0.15) is 38.7 Å². The van der Waals surface area contributed by atoms with E-state index in [1.165, 1.54) is 24.8 Å². The average molecular weight is 265 g/mol. The first-order valence-electron chi connectivity index (χ1n) is 7.34. The zero-order valence-electron chi connectivity index (χ0n) is 12.5. The molecule has 0 saturated carbocycles. The molecular formula is C16H27NO2. The lowest BCUT2D eigenvalue weighted by Gasteiger charge is -2.12. The van der Waals surface area contributed by atoms with Crippen molar-refractivity contribution < 1.29 is 9.47 Å². The first-order chi connectivity index (χ1) is 9.31. The van der Waals surface area contributed by atoms with Crippen LogP contribution in [0.4, 0.5) is 0 Å². The second-order valence-corrected chi connectivity index (χ2v) is 4.56. The lowest BCUT2D eigenvalue weighted by atomic mass is 10.1. The van der Waals surface area contributed by atoms with Crippen LogP contribution in [0.15, 0.2) is 18.2 Å². The zero-order valence-corrected chi connectivity index (χ0v) is 12.5. The number of rotatable bonds is 10. The fourth-order valence-electron chi connectivity index (χ4n) is 2.06. The van der Waals surface area contributed by atoms with Crippen molar-refractivity contribution in [3.8, 4) is 11.5 Å². The van der Waals surface area contributed by atoms with E-state index in [1.54, 1.807) is 0 Å². The highest BCUT2D eigenvalue weighted by Gasteiger charge is 2.05. The Kier molecular flexibility index (Phi) is 8.07. The van der Waals surface area contributed by atoms with Crippen LogP contribution in [0.5, 0.6) is 11.5 Å². The highest BCUT2D eigenvalue weighted by Crippen LogP contribution is 2.29. The van der Waals surface area contributed by atoms with Crippen LogP contribution in [-0.4, -0.2) is 26.8 Å².